The molecule has 0 radical (unpaired) electrons. The highest BCUT2D eigenvalue weighted by molar-refractivity contribution is 5.92. The number of para-hydroxylation sites is 1. The van der Waals surface area contributed by atoms with Crippen LogP contribution in [0.15, 0.2) is 60.8 Å². The Kier molecular flexibility index (Phi) is 5.62. The quantitative estimate of drug-likeness (QED) is 0.647. The van der Waals surface area contributed by atoms with Crippen LogP contribution in [-0.4, -0.2) is 45.6 Å². The van der Waals surface area contributed by atoms with Crippen molar-refractivity contribution in [3.8, 4) is 11.4 Å². The summed E-state index contributed by atoms with van der Waals surface area (Å²) in [7, 11) is 1.49. The normalized spacial score (nSPS) is 11.3. The summed E-state index contributed by atoms with van der Waals surface area (Å²) < 4.78 is 44.1. The molecule has 0 N–H and O–H groups in total. The van der Waals surface area contributed by atoms with Gasteiger partial charge in [-0.05, 0) is 29.8 Å². The van der Waals surface area contributed by atoms with Crippen LogP contribution in [0.4, 0.5) is 13.2 Å². The van der Waals surface area contributed by atoms with E-state index in [2.05, 4.69) is 10.2 Å². The van der Waals surface area contributed by atoms with Gasteiger partial charge in [-0.2, -0.15) is 23.1 Å². The fraction of sp³-hybridized carbons (Fsp3) is 0.211. The van der Waals surface area contributed by atoms with Crippen LogP contribution < -0.4 is 4.74 Å². The number of amides is 1. The Hall–Kier alpha value is -3.36. The minimum atomic E-state index is -4.54. The van der Waals surface area contributed by atoms with Crippen LogP contribution in [0.5, 0.6) is 5.75 Å². The predicted molar refractivity (Wildman–Crippen MR) is 95.1 cm³/mol. The summed E-state index contributed by atoms with van der Waals surface area (Å²) in [6.45, 7) is -1.61. The molecule has 0 fully saturated rings. The van der Waals surface area contributed by atoms with Crippen LogP contribution >= 0.6 is 0 Å². The molecule has 0 spiro atoms. The van der Waals surface area contributed by atoms with E-state index in [0.29, 0.717) is 21.9 Å². The fourth-order valence-corrected chi connectivity index (χ4v) is 2.58. The Balaban J connectivity index is 1.83. The molecule has 0 unspecified atom stereocenters. The van der Waals surface area contributed by atoms with Crippen molar-refractivity contribution in [3.05, 3.63) is 72.1 Å². The number of carbonyl (C=O) groups excluding carboxylic acids is 1. The van der Waals surface area contributed by atoms with Crippen molar-refractivity contribution in [2.24, 2.45) is 0 Å². The van der Waals surface area contributed by atoms with Crippen LogP contribution in [0.3, 0.4) is 0 Å². The molecule has 146 valence electrons. The highest BCUT2D eigenvalue weighted by Crippen LogP contribution is 2.21. The molecule has 0 aliphatic heterocycles. The summed E-state index contributed by atoms with van der Waals surface area (Å²) in [6.07, 6.45) is -3.38. The van der Waals surface area contributed by atoms with Crippen molar-refractivity contribution in [1.29, 1.82) is 0 Å². The maximum Gasteiger partial charge on any atom is 0.406 e. The van der Waals surface area contributed by atoms with Gasteiger partial charge < -0.3 is 9.64 Å². The van der Waals surface area contributed by atoms with E-state index in [1.807, 2.05) is 0 Å². The van der Waals surface area contributed by atoms with E-state index in [0.717, 1.165) is 6.20 Å². The number of aromatic nitrogens is 3. The number of hydrogen-bond donors (Lipinski definition) is 0. The molecule has 0 bridgehead atoms. The van der Waals surface area contributed by atoms with Crippen molar-refractivity contribution in [3.63, 3.8) is 0 Å². The smallest absolute Gasteiger partial charge is 0.406 e. The van der Waals surface area contributed by atoms with E-state index in [-0.39, 0.29) is 12.2 Å². The van der Waals surface area contributed by atoms with Crippen molar-refractivity contribution < 1.29 is 22.7 Å². The third-order valence-electron chi connectivity index (χ3n) is 3.89. The lowest BCUT2D eigenvalue weighted by Gasteiger charge is -2.23. The number of methoxy groups -OCH3 is 1. The Labute approximate surface area is 159 Å². The van der Waals surface area contributed by atoms with Gasteiger partial charge in [-0.3, -0.25) is 4.79 Å². The first kappa shape index (κ1) is 19.4. The first-order valence-corrected chi connectivity index (χ1v) is 8.32. The minimum absolute atomic E-state index is 0.165. The number of alkyl halides is 3. The summed E-state index contributed by atoms with van der Waals surface area (Å²) in [5.41, 5.74) is 0.967. The number of hydrogen-bond acceptors (Lipinski definition) is 4. The van der Waals surface area contributed by atoms with Gasteiger partial charge in [0, 0.05) is 6.54 Å². The predicted octanol–water partition coefficient (Wildman–Crippen LogP) is 3.48. The molecule has 2 aromatic carbocycles. The molecule has 1 amide bonds. The van der Waals surface area contributed by atoms with E-state index in [4.69, 9.17) is 4.74 Å². The van der Waals surface area contributed by atoms with Crippen LogP contribution in [0, 0.1) is 0 Å². The van der Waals surface area contributed by atoms with E-state index >= 15 is 0 Å². The van der Waals surface area contributed by atoms with E-state index in [1.165, 1.54) is 11.9 Å². The Morgan fingerprint density at radius 1 is 1.11 bits per heavy atom. The molecule has 9 heteroatoms. The molecular formula is C19H17F3N4O2. The fourth-order valence-electron chi connectivity index (χ4n) is 2.58. The maximum atomic E-state index is 13.0. The van der Waals surface area contributed by atoms with E-state index in [9.17, 15) is 18.0 Å². The molecule has 0 saturated heterocycles. The Bertz CT molecular complexity index is 924. The highest BCUT2D eigenvalue weighted by atomic mass is 19.4. The lowest BCUT2D eigenvalue weighted by Crippen LogP contribution is -2.38. The largest absolute Gasteiger partial charge is 0.497 e. The molecule has 0 saturated carbocycles. The monoisotopic (exact) mass is 390 g/mol. The zero-order chi connectivity index (χ0) is 20.1. The third kappa shape index (κ3) is 4.87. The molecule has 0 aliphatic rings. The zero-order valence-corrected chi connectivity index (χ0v) is 14.9. The van der Waals surface area contributed by atoms with Gasteiger partial charge in [0.05, 0.1) is 19.0 Å². The van der Waals surface area contributed by atoms with Crippen molar-refractivity contribution in [2.75, 3.05) is 13.7 Å². The van der Waals surface area contributed by atoms with Crippen molar-refractivity contribution in [1.82, 2.24) is 19.9 Å². The average molecular weight is 390 g/mol. The molecule has 3 aromatic rings. The summed E-state index contributed by atoms with van der Waals surface area (Å²) in [5.74, 6) is -0.279. The van der Waals surface area contributed by atoms with Gasteiger partial charge in [0.15, 0.2) is 5.69 Å². The van der Waals surface area contributed by atoms with Gasteiger partial charge in [-0.15, -0.1) is 5.10 Å². The summed E-state index contributed by atoms with van der Waals surface area (Å²) in [5, 5.41) is 8.00. The summed E-state index contributed by atoms with van der Waals surface area (Å²) in [6, 6.07) is 15.2. The number of nitrogens with zero attached hydrogens (tertiary/aromatic N) is 4. The number of ether oxygens (including phenoxy) is 1. The topological polar surface area (TPSA) is 60.2 Å². The van der Waals surface area contributed by atoms with Gasteiger partial charge in [0.25, 0.3) is 5.91 Å². The maximum absolute atomic E-state index is 13.0. The molecule has 28 heavy (non-hydrogen) atoms. The number of halogens is 3. The Morgan fingerprint density at radius 2 is 1.79 bits per heavy atom. The van der Waals surface area contributed by atoms with Gasteiger partial charge in [-0.25, -0.2) is 0 Å². The van der Waals surface area contributed by atoms with Crippen molar-refractivity contribution >= 4 is 5.91 Å². The Morgan fingerprint density at radius 3 is 2.39 bits per heavy atom. The third-order valence-corrected chi connectivity index (χ3v) is 3.89. The first-order valence-electron chi connectivity index (χ1n) is 8.32. The zero-order valence-electron chi connectivity index (χ0n) is 14.9. The number of rotatable bonds is 6. The number of carbonyl (C=O) groups is 1. The molecule has 0 atom stereocenters. The molecule has 3 rings (SSSR count). The molecule has 1 heterocycles. The summed E-state index contributed by atoms with van der Waals surface area (Å²) >= 11 is 0. The number of benzene rings is 2. The SMILES string of the molecule is COc1ccc(CN(CC(F)(F)F)C(=O)c2cnn(-c3ccccc3)n2)cc1. The lowest BCUT2D eigenvalue weighted by atomic mass is 10.2. The van der Waals surface area contributed by atoms with Gasteiger partial charge in [0.2, 0.25) is 0 Å². The molecule has 6 nitrogen and oxygen atoms in total. The lowest BCUT2D eigenvalue weighted by molar-refractivity contribution is -0.141. The van der Waals surface area contributed by atoms with E-state index in [1.54, 1.807) is 54.6 Å². The van der Waals surface area contributed by atoms with Crippen LogP contribution in [-0.2, 0) is 6.54 Å². The van der Waals surface area contributed by atoms with Crippen LogP contribution in [0.2, 0.25) is 0 Å². The second kappa shape index (κ2) is 8.12. The second-order valence-corrected chi connectivity index (χ2v) is 5.98. The standard InChI is InChI=1S/C19H17F3N4O2/c1-28-16-9-7-14(8-10-16)12-25(13-19(20,21)22)18(27)17-11-23-26(24-17)15-5-3-2-4-6-15/h2-11H,12-13H2,1H3. The van der Waals surface area contributed by atoms with Gasteiger partial charge in [0.1, 0.15) is 12.3 Å². The van der Waals surface area contributed by atoms with Crippen LogP contribution in [0.25, 0.3) is 5.69 Å². The first-order chi connectivity index (χ1) is 13.4. The minimum Gasteiger partial charge on any atom is -0.497 e. The molecule has 1 aromatic heterocycles. The average Bonchev–Trinajstić information content (AvgIpc) is 3.17. The highest BCUT2D eigenvalue weighted by Gasteiger charge is 2.34. The summed E-state index contributed by atoms with van der Waals surface area (Å²) in [4.78, 5) is 14.6. The van der Waals surface area contributed by atoms with Gasteiger partial charge in [-0.1, -0.05) is 30.3 Å². The molecular weight excluding hydrogens is 373 g/mol. The molecule has 0 aliphatic carbocycles. The van der Waals surface area contributed by atoms with Crippen molar-refractivity contribution in [2.45, 2.75) is 12.7 Å². The second-order valence-electron chi connectivity index (χ2n) is 5.98. The van der Waals surface area contributed by atoms with Gasteiger partial charge >= 0.3 is 6.18 Å². The van der Waals surface area contributed by atoms with E-state index < -0.39 is 18.6 Å². The van der Waals surface area contributed by atoms with Crippen LogP contribution in [0.1, 0.15) is 16.1 Å².